The molecule has 0 radical (unpaired) electrons. The van der Waals surface area contributed by atoms with Gasteiger partial charge in [0.05, 0.1) is 18.4 Å². The van der Waals surface area contributed by atoms with E-state index in [4.69, 9.17) is 10.5 Å². The standard InChI is InChI=1S/C20H21N5O2/c1-13-8-10-14(11-9-13)24-18-17(21)19(23-12-22-18)25(2)16-7-5-4-6-15(16)20(26)27-3/h4-12H,21H2,1-3H3,(H,22,23,24). The molecule has 0 aliphatic rings. The number of esters is 1. The fraction of sp³-hybridized carbons (Fsp3) is 0.150. The molecule has 27 heavy (non-hydrogen) atoms. The van der Waals surface area contributed by atoms with Crippen molar-refractivity contribution in [2.24, 2.45) is 0 Å². The number of carbonyl (C=O) groups excluding carboxylic acids is 1. The summed E-state index contributed by atoms with van der Waals surface area (Å²) < 4.78 is 4.86. The Balaban J connectivity index is 1.96. The van der Waals surface area contributed by atoms with Crippen LogP contribution in [0.2, 0.25) is 0 Å². The number of nitrogens with two attached hydrogens (primary N) is 1. The summed E-state index contributed by atoms with van der Waals surface area (Å²) in [6.45, 7) is 2.02. The minimum absolute atomic E-state index is 0.375. The average Bonchev–Trinajstić information content (AvgIpc) is 2.70. The van der Waals surface area contributed by atoms with Crippen LogP contribution in [0.1, 0.15) is 15.9 Å². The molecule has 0 bridgehead atoms. The van der Waals surface area contributed by atoms with Gasteiger partial charge >= 0.3 is 5.97 Å². The van der Waals surface area contributed by atoms with Crippen molar-refractivity contribution < 1.29 is 9.53 Å². The van der Waals surface area contributed by atoms with Crippen LogP contribution in [0.4, 0.5) is 28.7 Å². The van der Waals surface area contributed by atoms with Crippen LogP contribution in [0.3, 0.4) is 0 Å². The number of hydrogen-bond acceptors (Lipinski definition) is 7. The van der Waals surface area contributed by atoms with Gasteiger partial charge in [0.2, 0.25) is 0 Å². The maximum atomic E-state index is 12.1. The molecule has 3 N–H and O–H groups in total. The second-order valence-electron chi connectivity index (χ2n) is 6.02. The number of nitrogens with one attached hydrogen (secondary N) is 1. The molecule has 0 spiro atoms. The molecule has 0 saturated carbocycles. The third kappa shape index (κ3) is 3.82. The molecule has 1 aromatic heterocycles. The van der Waals surface area contributed by atoms with Gasteiger partial charge in [0.1, 0.15) is 12.0 Å². The SMILES string of the molecule is COC(=O)c1ccccc1N(C)c1ncnc(Nc2ccc(C)cc2)c1N. The van der Waals surface area contributed by atoms with E-state index in [-0.39, 0.29) is 0 Å². The van der Waals surface area contributed by atoms with Gasteiger partial charge in [0, 0.05) is 12.7 Å². The van der Waals surface area contributed by atoms with E-state index in [0.29, 0.717) is 28.6 Å². The number of nitrogens with zero attached hydrogens (tertiary/aromatic N) is 3. The molecule has 0 saturated heterocycles. The summed E-state index contributed by atoms with van der Waals surface area (Å²) in [4.78, 5) is 22.3. The lowest BCUT2D eigenvalue weighted by Gasteiger charge is -2.23. The van der Waals surface area contributed by atoms with Crippen molar-refractivity contribution in [2.45, 2.75) is 6.92 Å². The van der Waals surface area contributed by atoms with E-state index in [9.17, 15) is 4.79 Å². The Bertz CT molecular complexity index is 957. The van der Waals surface area contributed by atoms with E-state index in [2.05, 4.69) is 15.3 Å². The highest BCUT2D eigenvalue weighted by Crippen LogP contribution is 2.33. The molecular formula is C20H21N5O2. The van der Waals surface area contributed by atoms with Crippen LogP contribution in [0.5, 0.6) is 0 Å². The average molecular weight is 363 g/mol. The first-order valence-corrected chi connectivity index (χ1v) is 8.36. The summed E-state index contributed by atoms with van der Waals surface area (Å²) in [5.74, 6) is 0.547. The van der Waals surface area contributed by atoms with E-state index in [0.717, 1.165) is 11.3 Å². The molecular weight excluding hydrogens is 342 g/mol. The van der Waals surface area contributed by atoms with Crippen LogP contribution >= 0.6 is 0 Å². The number of hydrogen-bond donors (Lipinski definition) is 2. The third-order valence-electron chi connectivity index (χ3n) is 4.17. The van der Waals surface area contributed by atoms with Crippen molar-refractivity contribution in [1.29, 1.82) is 0 Å². The molecule has 3 rings (SSSR count). The normalized spacial score (nSPS) is 10.3. The van der Waals surface area contributed by atoms with Crippen LogP contribution < -0.4 is 16.0 Å². The maximum Gasteiger partial charge on any atom is 0.339 e. The lowest BCUT2D eigenvalue weighted by atomic mass is 10.1. The van der Waals surface area contributed by atoms with Crippen molar-refractivity contribution >= 4 is 34.7 Å². The monoisotopic (exact) mass is 363 g/mol. The number of para-hydroxylation sites is 1. The molecule has 7 heteroatoms. The van der Waals surface area contributed by atoms with Gasteiger partial charge in [-0.05, 0) is 31.2 Å². The Morgan fingerprint density at radius 2 is 1.81 bits per heavy atom. The van der Waals surface area contributed by atoms with Crippen molar-refractivity contribution in [1.82, 2.24) is 9.97 Å². The zero-order chi connectivity index (χ0) is 19.4. The maximum absolute atomic E-state index is 12.1. The number of rotatable bonds is 5. The van der Waals surface area contributed by atoms with Crippen LogP contribution in [0.15, 0.2) is 54.9 Å². The van der Waals surface area contributed by atoms with E-state index in [1.807, 2.05) is 37.3 Å². The van der Waals surface area contributed by atoms with Gasteiger partial charge in [-0.3, -0.25) is 0 Å². The fourth-order valence-corrected chi connectivity index (χ4v) is 2.69. The Kier molecular flexibility index (Phi) is 5.21. The van der Waals surface area contributed by atoms with Crippen LogP contribution in [0, 0.1) is 6.92 Å². The van der Waals surface area contributed by atoms with E-state index in [1.165, 1.54) is 13.4 Å². The summed E-state index contributed by atoms with van der Waals surface area (Å²) in [7, 11) is 3.14. The van der Waals surface area contributed by atoms with Gasteiger partial charge in [-0.25, -0.2) is 14.8 Å². The van der Waals surface area contributed by atoms with Gasteiger partial charge in [-0.1, -0.05) is 29.8 Å². The van der Waals surface area contributed by atoms with Gasteiger partial charge < -0.3 is 20.7 Å². The van der Waals surface area contributed by atoms with Crippen molar-refractivity contribution in [2.75, 3.05) is 30.1 Å². The predicted octanol–water partition coefficient (Wildman–Crippen LogP) is 3.67. The smallest absolute Gasteiger partial charge is 0.339 e. The van der Waals surface area contributed by atoms with Gasteiger partial charge in [0.25, 0.3) is 0 Å². The van der Waals surface area contributed by atoms with E-state index < -0.39 is 5.97 Å². The lowest BCUT2D eigenvalue weighted by molar-refractivity contribution is 0.0601. The molecule has 138 valence electrons. The van der Waals surface area contributed by atoms with Crippen LogP contribution in [-0.2, 0) is 4.74 Å². The zero-order valence-electron chi connectivity index (χ0n) is 15.4. The summed E-state index contributed by atoms with van der Waals surface area (Å²) in [6.07, 6.45) is 1.43. The summed E-state index contributed by atoms with van der Waals surface area (Å²) in [5.41, 5.74) is 9.78. The van der Waals surface area contributed by atoms with Gasteiger partial charge in [-0.2, -0.15) is 0 Å². The minimum atomic E-state index is -0.428. The number of ether oxygens (including phenoxy) is 1. The first kappa shape index (κ1) is 18.2. The molecule has 7 nitrogen and oxygen atoms in total. The third-order valence-corrected chi connectivity index (χ3v) is 4.17. The van der Waals surface area contributed by atoms with Gasteiger partial charge in [-0.15, -0.1) is 0 Å². The molecule has 0 atom stereocenters. The lowest BCUT2D eigenvalue weighted by Crippen LogP contribution is -2.18. The summed E-state index contributed by atoms with van der Waals surface area (Å²) in [5, 5.41) is 3.20. The number of nitrogen functional groups attached to an aromatic ring is 1. The Labute approximate surface area is 157 Å². The van der Waals surface area contributed by atoms with Gasteiger partial charge in [0.15, 0.2) is 11.6 Å². The zero-order valence-corrected chi connectivity index (χ0v) is 15.4. The second-order valence-corrected chi connectivity index (χ2v) is 6.02. The van der Waals surface area contributed by atoms with Crippen LogP contribution in [-0.4, -0.2) is 30.1 Å². The summed E-state index contributed by atoms with van der Waals surface area (Å²) in [6, 6.07) is 15.0. The Hall–Kier alpha value is -3.61. The highest BCUT2D eigenvalue weighted by Gasteiger charge is 2.19. The Morgan fingerprint density at radius 3 is 2.52 bits per heavy atom. The van der Waals surface area contributed by atoms with E-state index >= 15 is 0 Å². The molecule has 1 heterocycles. The molecule has 0 amide bonds. The number of aromatic nitrogens is 2. The topological polar surface area (TPSA) is 93.4 Å². The van der Waals surface area contributed by atoms with E-state index in [1.54, 1.807) is 30.1 Å². The predicted molar refractivity (Wildman–Crippen MR) is 107 cm³/mol. The number of carbonyl (C=O) groups is 1. The van der Waals surface area contributed by atoms with Crippen LogP contribution in [0.25, 0.3) is 0 Å². The van der Waals surface area contributed by atoms with Crippen molar-refractivity contribution in [3.63, 3.8) is 0 Å². The molecule has 0 aliphatic heterocycles. The number of aryl methyl sites for hydroxylation is 1. The number of benzene rings is 2. The first-order chi connectivity index (χ1) is 13.0. The molecule has 0 fully saturated rings. The molecule has 0 unspecified atom stereocenters. The highest BCUT2D eigenvalue weighted by atomic mass is 16.5. The number of methoxy groups -OCH3 is 1. The highest BCUT2D eigenvalue weighted by molar-refractivity contribution is 5.97. The molecule has 0 aliphatic carbocycles. The quantitative estimate of drug-likeness (QED) is 0.668. The minimum Gasteiger partial charge on any atom is -0.465 e. The largest absolute Gasteiger partial charge is 0.465 e. The number of anilines is 5. The molecule has 3 aromatic rings. The summed E-state index contributed by atoms with van der Waals surface area (Å²) >= 11 is 0. The van der Waals surface area contributed by atoms with Crippen molar-refractivity contribution in [3.8, 4) is 0 Å². The second kappa shape index (κ2) is 7.74. The fourth-order valence-electron chi connectivity index (χ4n) is 2.69. The first-order valence-electron chi connectivity index (χ1n) is 8.36. The Morgan fingerprint density at radius 1 is 1.11 bits per heavy atom. The molecule has 2 aromatic carbocycles. The van der Waals surface area contributed by atoms with Crippen molar-refractivity contribution in [3.05, 3.63) is 66.0 Å².